The molecule has 6 heteroatoms. The number of carboxylic acid groups (broad SMARTS) is 1. The number of rotatable bonds is 9. The van der Waals surface area contributed by atoms with Crippen LogP contribution >= 0.6 is 0 Å². The molecule has 30 heavy (non-hydrogen) atoms. The third-order valence-corrected chi connectivity index (χ3v) is 6.06. The van der Waals surface area contributed by atoms with E-state index in [0.29, 0.717) is 19.1 Å². The minimum atomic E-state index is -1.09. The van der Waals surface area contributed by atoms with Gasteiger partial charge in [-0.15, -0.1) is 0 Å². The molecule has 2 aliphatic carbocycles. The smallest absolute Gasteiger partial charge is 0.407 e. The second kappa shape index (κ2) is 9.30. The van der Waals surface area contributed by atoms with Gasteiger partial charge in [-0.2, -0.15) is 0 Å². The molecule has 0 aliphatic heterocycles. The highest BCUT2D eigenvalue weighted by Gasteiger charge is 2.29. The van der Waals surface area contributed by atoms with E-state index in [2.05, 4.69) is 17.4 Å². The number of hydrogen-bond acceptors (Lipinski definition) is 4. The molecule has 2 N–H and O–H groups in total. The number of nitrogens with one attached hydrogen (secondary N) is 1. The Labute approximate surface area is 176 Å². The number of benzene rings is 2. The summed E-state index contributed by atoms with van der Waals surface area (Å²) < 4.78 is 11.0. The van der Waals surface area contributed by atoms with Crippen molar-refractivity contribution in [2.24, 2.45) is 5.92 Å². The Bertz CT molecular complexity index is 862. The first-order valence-electron chi connectivity index (χ1n) is 10.6. The summed E-state index contributed by atoms with van der Waals surface area (Å²) >= 11 is 0. The van der Waals surface area contributed by atoms with Crippen molar-refractivity contribution in [3.05, 3.63) is 59.7 Å². The molecule has 4 rings (SSSR count). The van der Waals surface area contributed by atoms with Gasteiger partial charge in [-0.1, -0.05) is 55.0 Å². The molecule has 0 aromatic heterocycles. The van der Waals surface area contributed by atoms with Gasteiger partial charge in [0, 0.05) is 25.6 Å². The van der Waals surface area contributed by atoms with Gasteiger partial charge in [0.05, 0.1) is 0 Å². The fourth-order valence-corrected chi connectivity index (χ4v) is 4.15. The van der Waals surface area contributed by atoms with Crippen LogP contribution in [0.4, 0.5) is 4.79 Å². The highest BCUT2D eigenvalue weighted by Crippen LogP contribution is 2.44. The van der Waals surface area contributed by atoms with E-state index in [0.717, 1.165) is 22.3 Å². The zero-order chi connectivity index (χ0) is 20.9. The van der Waals surface area contributed by atoms with Crippen LogP contribution in [-0.2, 0) is 14.3 Å². The maximum atomic E-state index is 12.3. The van der Waals surface area contributed by atoms with Gasteiger partial charge in [0.1, 0.15) is 12.6 Å². The Kier molecular flexibility index (Phi) is 6.33. The first-order chi connectivity index (χ1) is 14.6. The van der Waals surface area contributed by atoms with E-state index in [1.165, 1.54) is 19.3 Å². The highest BCUT2D eigenvalue weighted by atomic mass is 16.5. The number of carbonyl (C=O) groups excluding carboxylic acids is 1. The number of alkyl carbamates (subject to hydrolysis) is 1. The normalized spacial score (nSPS) is 16.3. The molecule has 0 saturated heterocycles. The van der Waals surface area contributed by atoms with Crippen molar-refractivity contribution in [1.29, 1.82) is 0 Å². The van der Waals surface area contributed by atoms with Gasteiger partial charge in [-0.3, -0.25) is 0 Å². The second-order valence-corrected chi connectivity index (χ2v) is 8.02. The Morgan fingerprint density at radius 1 is 1.00 bits per heavy atom. The molecule has 1 amide bonds. The standard InChI is InChI=1S/C24H27NO5/c26-23(27)22(12-13-29-14-16-6-5-7-16)25-24(28)30-15-21-19-10-3-1-8-17(19)18-9-2-4-11-20(18)21/h1-4,8-11,16,21-22H,5-7,12-15H2,(H,25,28)(H,26,27). The van der Waals surface area contributed by atoms with Gasteiger partial charge in [0.15, 0.2) is 0 Å². The quantitative estimate of drug-likeness (QED) is 0.607. The third-order valence-electron chi connectivity index (χ3n) is 6.06. The van der Waals surface area contributed by atoms with E-state index < -0.39 is 18.1 Å². The fourth-order valence-electron chi connectivity index (χ4n) is 4.15. The lowest BCUT2D eigenvalue weighted by Gasteiger charge is -2.25. The zero-order valence-electron chi connectivity index (χ0n) is 16.9. The molecule has 2 aromatic rings. The average Bonchev–Trinajstić information content (AvgIpc) is 3.03. The van der Waals surface area contributed by atoms with Crippen LogP contribution in [0.5, 0.6) is 0 Å². The summed E-state index contributed by atoms with van der Waals surface area (Å²) in [4.78, 5) is 23.8. The van der Waals surface area contributed by atoms with Crippen LogP contribution in [0.2, 0.25) is 0 Å². The molecule has 1 fully saturated rings. The largest absolute Gasteiger partial charge is 0.480 e. The van der Waals surface area contributed by atoms with E-state index in [1.807, 2.05) is 36.4 Å². The van der Waals surface area contributed by atoms with E-state index in [9.17, 15) is 14.7 Å². The summed E-state index contributed by atoms with van der Waals surface area (Å²) in [6.07, 6.45) is 3.10. The number of aliphatic carboxylic acids is 1. The summed E-state index contributed by atoms with van der Waals surface area (Å²) in [7, 11) is 0. The molecule has 158 valence electrons. The van der Waals surface area contributed by atoms with Gasteiger partial charge < -0.3 is 19.9 Å². The lowest BCUT2D eigenvalue weighted by molar-refractivity contribution is -0.140. The second-order valence-electron chi connectivity index (χ2n) is 8.02. The first-order valence-corrected chi connectivity index (χ1v) is 10.6. The van der Waals surface area contributed by atoms with Gasteiger partial charge in [-0.05, 0) is 41.0 Å². The number of amides is 1. The van der Waals surface area contributed by atoms with E-state index in [1.54, 1.807) is 0 Å². The maximum Gasteiger partial charge on any atom is 0.407 e. The Balaban J connectivity index is 1.30. The molecule has 0 radical (unpaired) electrons. The maximum absolute atomic E-state index is 12.3. The Hall–Kier alpha value is -2.86. The minimum Gasteiger partial charge on any atom is -0.480 e. The van der Waals surface area contributed by atoms with Crippen LogP contribution in [-0.4, -0.2) is 43.0 Å². The molecule has 2 aliphatic rings. The van der Waals surface area contributed by atoms with E-state index >= 15 is 0 Å². The lowest BCUT2D eigenvalue weighted by Crippen LogP contribution is -2.42. The lowest BCUT2D eigenvalue weighted by atomic mass is 9.86. The first kappa shape index (κ1) is 20.4. The predicted molar refractivity (Wildman–Crippen MR) is 112 cm³/mol. The molecule has 2 aromatic carbocycles. The van der Waals surface area contributed by atoms with Gasteiger partial charge in [0.2, 0.25) is 0 Å². The summed E-state index contributed by atoms with van der Waals surface area (Å²) in [5, 5.41) is 11.9. The number of ether oxygens (including phenoxy) is 2. The molecule has 0 spiro atoms. The number of carbonyl (C=O) groups is 2. The topological polar surface area (TPSA) is 84.9 Å². The number of fused-ring (bicyclic) bond motifs is 3. The molecular weight excluding hydrogens is 382 g/mol. The molecular formula is C24H27NO5. The Morgan fingerprint density at radius 3 is 2.20 bits per heavy atom. The summed E-state index contributed by atoms with van der Waals surface area (Å²) in [6, 6.07) is 15.1. The van der Waals surface area contributed by atoms with Crippen molar-refractivity contribution in [2.45, 2.75) is 37.6 Å². The average molecular weight is 409 g/mol. The van der Waals surface area contributed by atoms with Crippen molar-refractivity contribution >= 4 is 12.1 Å². The summed E-state index contributed by atoms with van der Waals surface area (Å²) in [5.74, 6) is -0.545. The minimum absolute atomic E-state index is 0.0581. The van der Waals surface area contributed by atoms with Crippen LogP contribution in [0.1, 0.15) is 42.7 Å². The van der Waals surface area contributed by atoms with Gasteiger partial charge >= 0.3 is 12.1 Å². The predicted octanol–water partition coefficient (Wildman–Crippen LogP) is 4.19. The van der Waals surface area contributed by atoms with E-state index in [-0.39, 0.29) is 18.9 Å². The zero-order valence-corrected chi connectivity index (χ0v) is 16.9. The van der Waals surface area contributed by atoms with Crippen molar-refractivity contribution < 1.29 is 24.2 Å². The van der Waals surface area contributed by atoms with Crippen molar-refractivity contribution in [3.63, 3.8) is 0 Å². The van der Waals surface area contributed by atoms with Crippen LogP contribution < -0.4 is 5.32 Å². The third kappa shape index (κ3) is 4.49. The van der Waals surface area contributed by atoms with Crippen LogP contribution in [0, 0.1) is 5.92 Å². The van der Waals surface area contributed by atoms with Crippen LogP contribution in [0.3, 0.4) is 0 Å². The van der Waals surface area contributed by atoms with Gasteiger partial charge in [-0.25, -0.2) is 9.59 Å². The number of carboxylic acids is 1. The summed E-state index contributed by atoms with van der Waals surface area (Å²) in [5.41, 5.74) is 4.53. The van der Waals surface area contributed by atoms with Gasteiger partial charge in [0.25, 0.3) is 0 Å². The van der Waals surface area contributed by atoms with E-state index in [4.69, 9.17) is 9.47 Å². The molecule has 1 unspecified atom stereocenters. The Morgan fingerprint density at radius 2 is 1.63 bits per heavy atom. The molecule has 6 nitrogen and oxygen atoms in total. The van der Waals surface area contributed by atoms with Crippen LogP contribution in [0.25, 0.3) is 11.1 Å². The molecule has 0 bridgehead atoms. The van der Waals surface area contributed by atoms with Crippen molar-refractivity contribution in [3.8, 4) is 11.1 Å². The molecule has 1 atom stereocenters. The highest BCUT2D eigenvalue weighted by molar-refractivity contribution is 5.81. The van der Waals surface area contributed by atoms with Crippen LogP contribution in [0.15, 0.2) is 48.5 Å². The molecule has 1 saturated carbocycles. The number of hydrogen-bond donors (Lipinski definition) is 2. The van der Waals surface area contributed by atoms with Crippen molar-refractivity contribution in [2.75, 3.05) is 19.8 Å². The fraction of sp³-hybridized carbons (Fsp3) is 0.417. The monoisotopic (exact) mass is 409 g/mol. The summed E-state index contributed by atoms with van der Waals surface area (Å²) in [6.45, 7) is 1.12. The van der Waals surface area contributed by atoms with Crippen molar-refractivity contribution in [1.82, 2.24) is 5.32 Å². The SMILES string of the molecule is O=C(NC(CCOCC1CCC1)C(=O)O)OCC1c2ccccc2-c2ccccc21. The molecule has 0 heterocycles.